The van der Waals surface area contributed by atoms with Gasteiger partial charge in [-0.25, -0.2) is 9.67 Å². The number of benzene rings is 2. The Morgan fingerprint density at radius 2 is 1.86 bits per heavy atom. The van der Waals surface area contributed by atoms with Crippen molar-refractivity contribution in [2.75, 3.05) is 13.2 Å². The number of carbonyl (C=O) groups excluding carboxylic acids is 1. The summed E-state index contributed by atoms with van der Waals surface area (Å²) in [7, 11) is 0. The van der Waals surface area contributed by atoms with Crippen molar-refractivity contribution in [3.63, 3.8) is 0 Å². The SMILES string of the molecule is CC(C)c1ccc(OCC(=O)NCCn2ncc3c(=O)n(Cc4ccc([N+](=O)[O-])cc4)cnc32)cc1. The number of amides is 1. The third-order valence-electron chi connectivity index (χ3n) is 5.68. The molecule has 0 aliphatic carbocycles. The third kappa shape index (κ3) is 5.74. The molecule has 2 aromatic heterocycles. The van der Waals surface area contributed by atoms with Gasteiger partial charge < -0.3 is 10.1 Å². The van der Waals surface area contributed by atoms with E-state index in [1.807, 2.05) is 24.3 Å². The number of nitrogens with zero attached hydrogens (tertiary/aromatic N) is 5. The lowest BCUT2D eigenvalue weighted by molar-refractivity contribution is -0.384. The molecule has 1 amide bonds. The van der Waals surface area contributed by atoms with E-state index < -0.39 is 4.92 Å². The van der Waals surface area contributed by atoms with E-state index in [2.05, 4.69) is 29.2 Å². The maximum Gasteiger partial charge on any atom is 0.269 e. The lowest BCUT2D eigenvalue weighted by atomic mass is 10.0. The summed E-state index contributed by atoms with van der Waals surface area (Å²) in [6, 6.07) is 13.6. The first-order valence-electron chi connectivity index (χ1n) is 11.5. The lowest BCUT2D eigenvalue weighted by Crippen LogP contribution is -2.31. The fourth-order valence-electron chi connectivity index (χ4n) is 3.64. The van der Waals surface area contributed by atoms with Crippen molar-refractivity contribution in [1.29, 1.82) is 0 Å². The van der Waals surface area contributed by atoms with Crippen LogP contribution in [0.2, 0.25) is 0 Å². The molecule has 4 aromatic rings. The van der Waals surface area contributed by atoms with Crippen LogP contribution in [0.25, 0.3) is 11.0 Å². The number of rotatable bonds is 10. The molecule has 4 rings (SSSR count). The maximum absolute atomic E-state index is 12.9. The highest BCUT2D eigenvalue weighted by atomic mass is 16.6. The molecule has 0 bridgehead atoms. The quantitative estimate of drug-likeness (QED) is 0.267. The van der Waals surface area contributed by atoms with Crippen LogP contribution >= 0.6 is 0 Å². The van der Waals surface area contributed by atoms with Gasteiger partial charge in [0.05, 0.1) is 24.2 Å². The Morgan fingerprint density at radius 3 is 2.53 bits per heavy atom. The molecule has 2 aromatic carbocycles. The Kier molecular flexibility index (Phi) is 7.38. The maximum atomic E-state index is 12.9. The van der Waals surface area contributed by atoms with Crippen molar-refractivity contribution in [1.82, 2.24) is 24.6 Å². The minimum absolute atomic E-state index is 0.0140. The van der Waals surface area contributed by atoms with Gasteiger partial charge in [-0.2, -0.15) is 5.10 Å². The van der Waals surface area contributed by atoms with Crippen LogP contribution in [0.4, 0.5) is 5.69 Å². The summed E-state index contributed by atoms with van der Waals surface area (Å²) < 4.78 is 8.51. The highest BCUT2D eigenvalue weighted by Crippen LogP contribution is 2.18. The van der Waals surface area contributed by atoms with Gasteiger partial charge in [0.1, 0.15) is 17.5 Å². The van der Waals surface area contributed by atoms with Gasteiger partial charge in [-0.05, 0) is 29.2 Å². The summed E-state index contributed by atoms with van der Waals surface area (Å²) >= 11 is 0. The van der Waals surface area contributed by atoms with E-state index in [1.165, 1.54) is 34.8 Å². The van der Waals surface area contributed by atoms with Crippen molar-refractivity contribution in [3.05, 3.63) is 92.7 Å². The highest BCUT2D eigenvalue weighted by Gasteiger charge is 2.12. The van der Waals surface area contributed by atoms with Crippen LogP contribution in [-0.4, -0.2) is 43.3 Å². The Hall–Kier alpha value is -4.54. The van der Waals surface area contributed by atoms with E-state index >= 15 is 0 Å². The van der Waals surface area contributed by atoms with Crippen LogP contribution in [0.15, 0.2) is 65.8 Å². The number of hydrogen-bond donors (Lipinski definition) is 1. The van der Waals surface area contributed by atoms with Gasteiger partial charge in [0.15, 0.2) is 12.3 Å². The van der Waals surface area contributed by atoms with Crippen LogP contribution in [-0.2, 0) is 17.9 Å². The first-order chi connectivity index (χ1) is 17.3. The van der Waals surface area contributed by atoms with Crippen LogP contribution < -0.4 is 15.6 Å². The number of non-ortho nitro benzene ring substituents is 1. The smallest absolute Gasteiger partial charge is 0.269 e. The standard InChI is InChI=1S/C25H26N6O5/c1-17(2)19-5-9-21(10-6-19)36-15-23(32)26-11-12-30-24-22(13-28-30)25(33)29(16-27-24)14-18-3-7-20(8-4-18)31(34)35/h3-10,13,16-17H,11-12,14-15H2,1-2H3,(H,26,32). The highest BCUT2D eigenvalue weighted by molar-refractivity contribution is 5.77. The molecule has 186 valence electrons. The second kappa shape index (κ2) is 10.8. The number of hydrogen-bond acceptors (Lipinski definition) is 7. The molecule has 0 unspecified atom stereocenters. The Labute approximate surface area is 206 Å². The molecular formula is C25H26N6O5. The van der Waals surface area contributed by atoms with Crippen LogP contribution in [0, 0.1) is 10.1 Å². The van der Waals surface area contributed by atoms with E-state index in [1.54, 1.807) is 16.8 Å². The summed E-state index contributed by atoms with van der Waals surface area (Å²) in [6.07, 6.45) is 2.87. The van der Waals surface area contributed by atoms with E-state index in [0.717, 1.165) is 5.56 Å². The number of aromatic nitrogens is 4. The fraction of sp³-hybridized carbons (Fsp3) is 0.280. The zero-order chi connectivity index (χ0) is 25.7. The average molecular weight is 491 g/mol. The van der Waals surface area contributed by atoms with Gasteiger partial charge >= 0.3 is 0 Å². The summed E-state index contributed by atoms with van der Waals surface area (Å²) in [4.78, 5) is 39.7. The van der Waals surface area contributed by atoms with E-state index in [0.29, 0.717) is 35.8 Å². The van der Waals surface area contributed by atoms with Crippen LogP contribution in [0.5, 0.6) is 5.75 Å². The van der Waals surface area contributed by atoms with E-state index in [9.17, 15) is 19.7 Å². The topological polar surface area (TPSA) is 134 Å². The minimum Gasteiger partial charge on any atom is -0.484 e. The molecule has 0 saturated heterocycles. The molecule has 1 N–H and O–H groups in total. The Bertz CT molecular complexity index is 1420. The lowest BCUT2D eigenvalue weighted by Gasteiger charge is -2.10. The number of ether oxygens (including phenoxy) is 1. The molecular weight excluding hydrogens is 464 g/mol. The first-order valence-corrected chi connectivity index (χ1v) is 11.5. The first kappa shape index (κ1) is 24.6. The normalized spacial score (nSPS) is 11.1. The molecule has 0 radical (unpaired) electrons. The second-order valence-electron chi connectivity index (χ2n) is 8.57. The zero-order valence-electron chi connectivity index (χ0n) is 20.0. The average Bonchev–Trinajstić information content (AvgIpc) is 3.28. The summed E-state index contributed by atoms with van der Waals surface area (Å²) in [5, 5.41) is 18.2. The monoisotopic (exact) mass is 490 g/mol. The summed E-state index contributed by atoms with van der Waals surface area (Å²) in [6.45, 7) is 4.96. The molecule has 36 heavy (non-hydrogen) atoms. The third-order valence-corrected chi connectivity index (χ3v) is 5.68. The molecule has 0 aliphatic heterocycles. The molecule has 0 spiro atoms. The number of nitrogens with one attached hydrogen (secondary N) is 1. The molecule has 11 nitrogen and oxygen atoms in total. The zero-order valence-corrected chi connectivity index (χ0v) is 20.0. The number of nitro groups is 1. The van der Waals surface area contributed by atoms with Crippen molar-refractivity contribution in [3.8, 4) is 5.75 Å². The number of nitro benzene ring substituents is 1. The van der Waals surface area contributed by atoms with Gasteiger partial charge in [0.25, 0.3) is 17.2 Å². The number of fused-ring (bicyclic) bond motifs is 1. The molecule has 0 saturated carbocycles. The molecule has 0 fully saturated rings. The number of carbonyl (C=O) groups is 1. The van der Waals surface area contributed by atoms with Gasteiger partial charge in [0.2, 0.25) is 0 Å². The van der Waals surface area contributed by atoms with Crippen LogP contribution in [0.3, 0.4) is 0 Å². The summed E-state index contributed by atoms with van der Waals surface area (Å²) in [5.74, 6) is 0.785. The summed E-state index contributed by atoms with van der Waals surface area (Å²) in [5.41, 5.74) is 2.06. The van der Waals surface area contributed by atoms with E-state index in [-0.39, 0.29) is 30.3 Å². The van der Waals surface area contributed by atoms with Gasteiger partial charge in [-0.1, -0.05) is 38.1 Å². The van der Waals surface area contributed by atoms with Crippen LogP contribution in [0.1, 0.15) is 30.9 Å². The van der Waals surface area contributed by atoms with Crippen molar-refractivity contribution in [2.45, 2.75) is 32.9 Å². The van der Waals surface area contributed by atoms with E-state index in [4.69, 9.17) is 4.74 Å². The van der Waals surface area contributed by atoms with Gasteiger partial charge in [0, 0.05) is 18.7 Å². The molecule has 11 heteroatoms. The fourth-order valence-corrected chi connectivity index (χ4v) is 3.64. The predicted molar refractivity (Wildman–Crippen MR) is 133 cm³/mol. The largest absolute Gasteiger partial charge is 0.484 e. The minimum atomic E-state index is -0.473. The van der Waals surface area contributed by atoms with Crippen molar-refractivity contribution in [2.24, 2.45) is 0 Å². The van der Waals surface area contributed by atoms with Gasteiger partial charge in [-0.3, -0.25) is 24.3 Å². The van der Waals surface area contributed by atoms with Crippen molar-refractivity contribution < 1.29 is 14.5 Å². The molecule has 2 heterocycles. The Morgan fingerprint density at radius 1 is 1.14 bits per heavy atom. The van der Waals surface area contributed by atoms with Gasteiger partial charge in [-0.15, -0.1) is 0 Å². The molecule has 0 atom stereocenters. The second-order valence-corrected chi connectivity index (χ2v) is 8.57. The van der Waals surface area contributed by atoms with Crippen molar-refractivity contribution >= 4 is 22.6 Å². The molecule has 0 aliphatic rings. The Balaban J connectivity index is 1.31. The predicted octanol–water partition coefficient (Wildman–Crippen LogP) is 2.87.